The molecule has 19 heavy (non-hydrogen) atoms. The standard InChI is InChI=1S/C14H16BrN3O/c1-9-12(8-16-17-9)14(19)18(3)10(2)11-6-4-5-7-13(11)15/h4-8,10H,1-3H3,(H,16,17)/t10-/m0/s1. The van der Waals surface area contributed by atoms with E-state index in [1.165, 1.54) is 0 Å². The Bertz CT molecular complexity index is 594. The third-order valence-corrected chi connectivity index (χ3v) is 4.04. The first-order valence-corrected chi connectivity index (χ1v) is 6.83. The molecule has 2 aromatic rings. The van der Waals surface area contributed by atoms with E-state index in [9.17, 15) is 4.79 Å². The number of aromatic nitrogens is 2. The average molecular weight is 322 g/mol. The first kappa shape index (κ1) is 13.8. The zero-order chi connectivity index (χ0) is 14.0. The molecule has 5 heteroatoms. The van der Waals surface area contributed by atoms with Crippen LogP contribution in [0.1, 0.15) is 34.6 Å². The van der Waals surface area contributed by atoms with E-state index in [-0.39, 0.29) is 11.9 Å². The highest BCUT2D eigenvalue weighted by Crippen LogP contribution is 2.27. The molecule has 0 saturated heterocycles. The van der Waals surface area contributed by atoms with Gasteiger partial charge in [0.25, 0.3) is 5.91 Å². The smallest absolute Gasteiger partial charge is 0.257 e. The monoisotopic (exact) mass is 321 g/mol. The highest BCUT2D eigenvalue weighted by Gasteiger charge is 2.22. The van der Waals surface area contributed by atoms with Crippen molar-refractivity contribution in [3.63, 3.8) is 0 Å². The minimum absolute atomic E-state index is 0.0163. The second-order valence-corrected chi connectivity index (χ2v) is 5.38. The normalized spacial score (nSPS) is 12.2. The first-order chi connectivity index (χ1) is 9.02. The Balaban J connectivity index is 2.25. The van der Waals surface area contributed by atoms with Crippen LogP contribution in [0.4, 0.5) is 0 Å². The van der Waals surface area contributed by atoms with Crippen LogP contribution in [0.15, 0.2) is 34.9 Å². The lowest BCUT2D eigenvalue weighted by atomic mass is 10.1. The third-order valence-electron chi connectivity index (χ3n) is 3.32. The van der Waals surface area contributed by atoms with E-state index in [0.29, 0.717) is 5.56 Å². The molecule has 2 rings (SSSR count). The summed E-state index contributed by atoms with van der Waals surface area (Å²) >= 11 is 3.52. The summed E-state index contributed by atoms with van der Waals surface area (Å²) in [4.78, 5) is 14.1. The number of benzene rings is 1. The van der Waals surface area contributed by atoms with Gasteiger partial charge in [0, 0.05) is 17.2 Å². The van der Waals surface area contributed by atoms with Gasteiger partial charge in [-0.2, -0.15) is 5.10 Å². The van der Waals surface area contributed by atoms with Crippen molar-refractivity contribution in [3.8, 4) is 0 Å². The van der Waals surface area contributed by atoms with E-state index in [2.05, 4.69) is 26.1 Å². The number of carbonyl (C=O) groups is 1. The number of aryl methyl sites for hydroxylation is 1. The lowest BCUT2D eigenvalue weighted by Crippen LogP contribution is -2.30. The fourth-order valence-corrected chi connectivity index (χ4v) is 2.57. The second-order valence-electron chi connectivity index (χ2n) is 4.52. The molecule has 100 valence electrons. The molecule has 0 aliphatic heterocycles. The topological polar surface area (TPSA) is 49.0 Å². The highest BCUT2D eigenvalue weighted by atomic mass is 79.9. The molecule has 0 spiro atoms. The molecule has 0 aliphatic carbocycles. The van der Waals surface area contributed by atoms with E-state index >= 15 is 0 Å². The number of carbonyl (C=O) groups excluding carboxylic acids is 1. The van der Waals surface area contributed by atoms with E-state index in [4.69, 9.17) is 0 Å². The Morgan fingerprint density at radius 1 is 1.42 bits per heavy atom. The van der Waals surface area contributed by atoms with Gasteiger partial charge in [0.2, 0.25) is 0 Å². The van der Waals surface area contributed by atoms with Crippen LogP contribution < -0.4 is 0 Å². The van der Waals surface area contributed by atoms with Gasteiger partial charge in [0.05, 0.1) is 17.8 Å². The summed E-state index contributed by atoms with van der Waals surface area (Å²) in [7, 11) is 1.80. The Hall–Kier alpha value is -1.62. The van der Waals surface area contributed by atoms with Crippen LogP contribution >= 0.6 is 15.9 Å². The summed E-state index contributed by atoms with van der Waals surface area (Å²) in [6, 6.07) is 7.91. The Morgan fingerprint density at radius 2 is 2.11 bits per heavy atom. The number of rotatable bonds is 3. The summed E-state index contributed by atoms with van der Waals surface area (Å²) in [6.07, 6.45) is 1.57. The SMILES string of the molecule is Cc1[nH]ncc1C(=O)N(C)[C@@H](C)c1ccccc1Br. The van der Waals surface area contributed by atoms with E-state index in [0.717, 1.165) is 15.7 Å². The third kappa shape index (κ3) is 2.71. The maximum atomic E-state index is 12.4. The van der Waals surface area contributed by atoms with Gasteiger partial charge in [-0.25, -0.2) is 0 Å². The number of amides is 1. The molecule has 0 aliphatic rings. The van der Waals surface area contributed by atoms with Crippen molar-refractivity contribution in [3.05, 3.63) is 51.8 Å². The number of nitrogens with zero attached hydrogens (tertiary/aromatic N) is 2. The molecule has 0 radical (unpaired) electrons. The molecule has 1 aromatic carbocycles. The van der Waals surface area contributed by atoms with Gasteiger partial charge in [-0.1, -0.05) is 34.1 Å². The van der Waals surface area contributed by atoms with Crippen molar-refractivity contribution in [2.45, 2.75) is 19.9 Å². The molecule has 0 fully saturated rings. The van der Waals surface area contributed by atoms with Crippen molar-refractivity contribution in [1.82, 2.24) is 15.1 Å². The van der Waals surface area contributed by atoms with Gasteiger partial charge in [-0.3, -0.25) is 9.89 Å². The quantitative estimate of drug-likeness (QED) is 0.942. The molecular weight excluding hydrogens is 306 g/mol. The molecular formula is C14H16BrN3O. The molecule has 0 saturated carbocycles. The fourth-order valence-electron chi connectivity index (χ4n) is 1.95. The number of nitrogens with one attached hydrogen (secondary N) is 1. The fraction of sp³-hybridized carbons (Fsp3) is 0.286. The summed E-state index contributed by atoms with van der Waals surface area (Å²) < 4.78 is 1.01. The number of H-pyrrole nitrogens is 1. The van der Waals surface area contributed by atoms with Crippen molar-refractivity contribution in [2.24, 2.45) is 0 Å². The van der Waals surface area contributed by atoms with Crippen LogP contribution in [0.5, 0.6) is 0 Å². The van der Waals surface area contributed by atoms with Gasteiger partial charge >= 0.3 is 0 Å². The van der Waals surface area contributed by atoms with Crippen LogP contribution in [0, 0.1) is 6.92 Å². The molecule has 0 unspecified atom stereocenters. The minimum atomic E-state index is -0.0329. The van der Waals surface area contributed by atoms with Gasteiger partial charge in [-0.05, 0) is 25.5 Å². The van der Waals surface area contributed by atoms with E-state index < -0.39 is 0 Å². The molecule has 1 atom stereocenters. The predicted octanol–water partition coefficient (Wildman–Crippen LogP) is 3.31. The minimum Gasteiger partial charge on any atom is -0.335 e. The Morgan fingerprint density at radius 3 is 2.68 bits per heavy atom. The Labute approximate surface area is 120 Å². The summed E-state index contributed by atoms with van der Waals surface area (Å²) in [5.41, 5.74) is 2.48. The Kier molecular flexibility index (Phi) is 4.04. The van der Waals surface area contributed by atoms with Crippen molar-refractivity contribution < 1.29 is 4.79 Å². The van der Waals surface area contributed by atoms with Crippen molar-refractivity contribution in [2.75, 3.05) is 7.05 Å². The molecule has 1 heterocycles. The first-order valence-electron chi connectivity index (χ1n) is 6.04. The lowest BCUT2D eigenvalue weighted by molar-refractivity contribution is 0.0741. The lowest BCUT2D eigenvalue weighted by Gasteiger charge is -2.26. The highest BCUT2D eigenvalue weighted by molar-refractivity contribution is 9.10. The van der Waals surface area contributed by atoms with Gasteiger partial charge in [-0.15, -0.1) is 0 Å². The number of aromatic amines is 1. The maximum absolute atomic E-state index is 12.4. The van der Waals surface area contributed by atoms with Gasteiger partial charge in [0.15, 0.2) is 0 Å². The number of hydrogen-bond acceptors (Lipinski definition) is 2. The van der Waals surface area contributed by atoms with Crippen molar-refractivity contribution >= 4 is 21.8 Å². The largest absolute Gasteiger partial charge is 0.335 e. The molecule has 1 aromatic heterocycles. The molecule has 4 nitrogen and oxygen atoms in total. The summed E-state index contributed by atoms with van der Waals surface area (Å²) in [6.45, 7) is 3.85. The average Bonchev–Trinajstić information content (AvgIpc) is 2.83. The van der Waals surface area contributed by atoms with Gasteiger partial charge in [0.1, 0.15) is 0 Å². The van der Waals surface area contributed by atoms with Crippen molar-refractivity contribution in [1.29, 1.82) is 0 Å². The van der Waals surface area contributed by atoms with Crippen LogP contribution in [0.25, 0.3) is 0 Å². The van der Waals surface area contributed by atoms with Crippen LogP contribution in [-0.2, 0) is 0 Å². The summed E-state index contributed by atoms with van der Waals surface area (Å²) in [5, 5.41) is 6.68. The predicted molar refractivity (Wildman–Crippen MR) is 78.0 cm³/mol. The van der Waals surface area contributed by atoms with Crippen LogP contribution in [0.2, 0.25) is 0 Å². The zero-order valence-corrected chi connectivity index (χ0v) is 12.7. The second kappa shape index (κ2) is 5.57. The molecule has 1 amide bonds. The van der Waals surface area contributed by atoms with Crippen LogP contribution in [-0.4, -0.2) is 28.1 Å². The summed E-state index contributed by atoms with van der Waals surface area (Å²) in [5.74, 6) is -0.0329. The van der Waals surface area contributed by atoms with Crippen LogP contribution in [0.3, 0.4) is 0 Å². The van der Waals surface area contributed by atoms with Gasteiger partial charge < -0.3 is 4.90 Å². The maximum Gasteiger partial charge on any atom is 0.257 e. The molecule has 0 bridgehead atoms. The molecule has 1 N–H and O–H groups in total. The number of hydrogen-bond donors (Lipinski definition) is 1. The van der Waals surface area contributed by atoms with E-state index in [1.807, 2.05) is 38.1 Å². The van der Waals surface area contributed by atoms with E-state index in [1.54, 1.807) is 18.1 Å². The zero-order valence-electron chi connectivity index (χ0n) is 11.1. The number of halogens is 1.